The number of phenols is 1. The molecule has 1 spiro atoms. The second-order valence-corrected chi connectivity index (χ2v) is 5.18. The number of anilines is 1. The van der Waals surface area contributed by atoms with E-state index in [4.69, 9.17) is 4.74 Å². The fraction of sp³-hybridized carbons (Fsp3) is 0.500. The summed E-state index contributed by atoms with van der Waals surface area (Å²) in [5, 5.41) is 9.38. The van der Waals surface area contributed by atoms with Crippen LogP contribution in [0.15, 0.2) is 24.3 Å². The van der Waals surface area contributed by atoms with Gasteiger partial charge in [-0.15, -0.1) is 0 Å². The number of carbonyl (C=O) groups excluding carboxylic acids is 1. The highest BCUT2D eigenvalue weighted by Crippen LogP contribution is 2.37. The average molecular weight is 262 g/mol. The van der Waals surface area contributed by atoms with E-state index in [-0.39, 0.29) is 17.3 Å². The van der Waals surface area contributed by atoms with Gasteiger partial charge in [0.2, 0.25) is 0 Å². The van der Waals surface area contributed by atoms with E-state index in [1.165, 1.54) is 0 Å². The SMILES string of the molecule is CCN1CCC2(COC2)N(c2ccc(O)cc2)C1=O. The summed E-state index contributed by atoms with van der Waals surface area (Å²) in [7, 11) is 0. The normalized spacial score (nSPS) is 21.6. The lowest BCUT2D eigenvalue weighted by Gasteiger charge is -2.54. The highest BCUT2D eigenvalue weighted by molar-refractivity contribution is 5.94. The van der Waals surface area contributed by atoms with Gasteiger partial charge in [-0.1, -0.05) is 0 Å². The Morgan fingerprint density at radius 2 is 2.00 bits per heavy atom. The standard InChI is InChI=1S/C14H18N2O3/c1-2-15-8-7-14(9-19-10-14)16(13(15)18)11-3-5-12(17)6-4-11/h3-6,17H,2,7-10H2,1H3. The van der Waals surface area contributed by atoms with Crippen LogP contribution in [0.3, 0.4) is 0 Å². The van der Waals surface area contributed by atoms with Crippen LogP contribution in [0.1, 0.15) is 13.3 Å². The number of amides is 2. The molecule has 2 aliphatic rings. The van der Waals surface area contributed by atoms with E-state index in [1.807, 2.05) is 16.7 Å². The Balaban J connectivity index is 1.97. The van der Waals surface area contributed by atoms with Crippen LogP contribution in [0.5, 0.6) is 5.75 Å². The van der Waals surface area contributed by atoms with Gasteiger partial charge in [-0.2, -0.15) is 0 Å². The minimum Gasteiger partial charge on any atom is -0.508 e. The summed E-state index contributed by atoms with van der Waals surface area (Å²) in [5.74, 6) is 0.208. The van der Waals surface area contributed by atoms with E-state index in [2.05, 4.69) is 0 Å². The Kier molecular flexibility index (Phi) is 2.86. The highest BCUT2D eigenvalue weighted by atomic mass is 16.5. The molecule has 102 valence electrons. The number of nitrogens with zero attached hydrogens (tertiary/aromatic N) is 2. The maximum absolute atomic E-state index is 12.6. The predicted molar refractivity (Wildman–Crippen MR) is 71.4 cm³/mol. The van der Waals surface area contributed by atoms with Crippen LogP contribution in [-0.4, -0.2) is 47.9 Å². The van der Waals surface area contributed by atoms with Crippen molar-refractivity contribution in [1.82, 2.24) is 4.90 Å². The molecule has 0 atom stereocenters. The Morgan fingerprint density at radius 3 is 2.53 bits per heavy atom. The lowest BCUT2D eigenvalue weighted by molar-refractivity contribution is -0.0675. The summed E-state index contributed by atoms with van der Waals surface area (Å²) < 4.78 is 5.35. The van der Waals surface area contributed by atoms with Crippen molar-refractivity contribution >= 4 is 11.7 Å². The lowest BCUT2D eigenvalue weighted by atomic mass is 9.88. The van der Waals surface area contributed by atoms with E-state index in [0.29, 0.717) is 19.8 Å². The van der Waals surface area contributed by atoms with Crippen LogP contribution in [0, 0.1) is 0 Å². The molecule has 1 aromatic carbocycles. The van der Waals surface area contributed by atoms with Crippen molar-refractivity contribution in [2.24, 2.45) is 0 Å². The van der Waals surface area contributed by atoms with Gasteiger partial charge < -0.3 is 14.7 Å². The van der Waals surface area contributed by atoms with Gasteiger partial charge in [0.05, 0.1) is 18.8 Å². The minimum absolute atomic E-state index is 0.0303. The Bertz CT molecular complexity index is 482. The summed E-state index contributed by atoms with van der Waals surface area (Å²) in [4.78, 5) is 16.3. The van der Waals surface area contributed by atoms with Crippen LogP contribution >= 0.6 is 0 Å². The topological polar surface area (TPSA) is 53.0 Å². The van der Waals surface area contributed by atoms with Crippen molar-refractivity contribution in [1.29, 1.82) is 0 Å². The number of phenolic OH excluding ortho intramolecular Hbond substituents is 1. The average Bonchev–Trinajstić information content (AvgIpc) is 2.38. The summed E-state index contributed by atoms with van der Waals surface area (Å²) >= 11 is 0. The zero-order valence-corrected chi connectivity index (χ0v) is 11.0. The van der Waals surface area contributed by atoms with Crippen molar-refractivity contribution in [2.75, 3.05) is 31.2 Å². The van der Waals surface area contributed by atoms with E-state index >= 15 is 0 Å². The largest absolute Gasteiger partial charge is 0.508 e. The van der Waals surface area contributed by atoms with Gasteiger partial charge in [0.15, 0.2) is 0 Å². The lowest BCUT2D eigenvalue weighted by Crippen LogP contribution is -2.70. The Morgan fingerprint density at radius 1 is 1.32 bits per heavy atom. The van der Waals surface area contributed by atoms with Crippen LogP contribution < -0.4 is 4.90 Å². The van der Waals surface area contributed by atoms with Gasteiger partial charge in [0.25, 0.3) is 0 Å². The van der Waals surface area contributed by atoms with E-state index < -0.39 is 0 Å². The number of hydrogen-bond donors (Lipinski definition) is 1. The molecule has 1 aromatic rings. The molecule has 0 radical (unpaired) electrons. The van der Waals surface area contributed by atoms with Gasteiger partial charge in [-0.05, 0) is 37.6 Å². The Labute approximate surface area is 112 Å². The second kappa shape index (κ2) is 4.42. The van der Waals surface area contributed by atoms with Crippen molar-refractivity contribution < 1.29 is 14.6 Å². The molecule has 0 aliphatic carbocycles. The molecule has 2 saturated heterocycles. The third-order valence-electron chi connectivity index (χ3n) is 4.01. The molecule has 3 rings (SSSR count). The first kappa shape index (κ1) is 12.3. The number of rotatable bonds is 2. The molecule has 19 heavy (non-hydrogen) atoms. The first-order valence-corrected chi connectivity index (χ1v) is 6.62. The summed E-state index contributed by atoms with van der Waals surface area (Å²) in [6.45, 7) is 4.67. The van der Waals surface area contributed by atoms with Crippen LogP contribution in [0.4, 0.5) is 10.5 Å². The molecule has 0 bridgehead atoms. The molecular weight excluding hydrogens is 244 g/mol. The van der Waals surface area contributed by atoms with Gasteiger partial charge in [-0.3, -0.25) is 4.90 Å². The minimum atomic E-state index is -0.195. The van der Waals surface area contributed by atoms with Gasteiger partial charge in [0.1, 0.15) is 5.75 Å². The van der Waals surface area contributed by atoms with Crippen molar-refractivity contribution in [3.05, 3.63) is 24.3 Å². The van der Waals surface area contributed by atoms with Crippen molar-refractivity contribution in [3.63, 3.8) is 0 Å². The quantitative estimate of drug-likeness (QED) is 0.884. The summed E-state index contributed by atoms with van der Waals surface area (Å²) in [5.41, 5.74) is 0.629. The van der Waals surface area contributed by atoms with E-state index in [0.717, 1.165) is 18.7 Å². The third-order valence-corrected chi connectivity index (χ3v) is 4.01. The molecule has 5 nitrogen and oxygen atoms in total. The number of aromatic hydroxyl groups is 1. The monoisotopic (exact) mass is 262 g/mol. The number of hydrogen-bond acceptors (Lipinski definition) is 3. The fourth-order valence-electron chi connectivity index (χ4n) is 2.79. The summed E-state index contributed by atoms with van der Waals surface area (Å²) in [6, 6.07) is 6.82. The molecule has 1 N–H and O–H groups in total. The number of benzene rings is 1. The van der Waals surface area contributed by atoms with Crippen LogP contribution in [-0.2, 0) is 4.74 Å². The zero-order valence-electron chi connectivity index (χ0n) is 11.0. The third kappa shape index (κ3) is 1.85. The first-order chi connectivity index (χ1) is 9.16. The smallest absolute Gasteiger partial charge is 0.325 e. The van der Waals surface area contributed by atoms with Crippen molar-refractivity contribution in [3.8, 4) is 5.75 Å². The fourth-order valence-corrected chi connectivity index (χ4v) is 2.79. The Hall–Kier alpha value is -1.75. The molecule has 0 saturated carbocycles. The maximum atomic E-state index is 12.6. The molecule has 5 heteroatoms. The molecule has 2 aliphatic heterocycles. The zero-order chi connectivity index (χ0) is 13.5. The number of urea groups is 1. The van der Waals surface area contributed by atoms with E-state index in [9.17, 15) is 9.90 Å². The first-order valence-electron chi connectivity index (χ1n) is 6.62. The van der Waals surface area contributed by atoms with Crippen LogP contribution in [0.25, 0.3) is 0 Å². The molecule has 0 unspecified atom stereocenters. The van der Waals surface area contributed by atoms with E-state index in [1.54, 1.807) is 24.3 Å². The molecular formula is C14H18N2O3. The van der Waals surface area contributed by atoms with Crippen molar-refractivity contribution in [2.45, 2.75) is 18.9 Å². The summed E-state index contributed by atoms with van der Waals surface area (Å²) in [6.07, 6.45) is 0.924. The number of ether oxygens (including phenoxy) is 1. The number of carbonyl (C=O) groups is 1. The molecule has 0 aromatic heterocycles. The van der Waals surface area contributed by atoms with Gasteiger partial charge in [-0.25, -0.2) is 4.79 Å². The second-order valence-electron chi connectivity index (χ2n) is 5.18. The predicted octanol–water partition coefficient (Wildman–Crippen LogP) is 1.81. The van der Waals surface area contributed by atoms with Gasteiger partial charge >= 0.3 is 6.03 Å². The van der Waals surface area contributed by atoms with Crippen LogP contribution in [0.2, 0.25) is 0 Å². The maximum Gasteiger partial charge on any atom is 0.325 e. The van der Waals surface area contributed by atoms with Gasteiger partial charge in [0, 0.05) is 18.8 Å². The highest BCUT2D eigenvalue weighted by Gasteiger charge is 2.51. The molecule has 2 heterocycles. The molecule has 2 fully saturated rings. The molecule has 2 amide bonds.